The Morgan fingerprint density at radius 2 is 1.52 bits per heavy atom. The fourth-order valence-electron chi connectivity index (χ4n) is 2.47. The maximum absolute atomic E-state index is 12.1. The smallest absolute Gasteiger partial charge is 0.220 e. The molecule has 2 aromatic rings. The first kappa shape index (κ1) is 18.9. The van der Waals surface area contributed by atoms with E-state index in [1.807, 2.05) is 62.4 Å². The number of carbonyl (C=O) groups is 2. The summed E-state index contributed by atoms with van der Waals surface area (Å²) in [5.74, 6) is -0.161. The molecule has 0 aliphatic rings. The highest BCUT2D eigenvalue weighted by atomic mass is 16.5. The molecule has 0 heterocycles. The largest absolute Gasteiger partial charge is 0.374 e. The molecule has 2 rings (SSSR count). The van der Waals surface area contributed by atoms with Crippen molar-refractivity contribution in [2.24, 2.45) is 0 Å². The standard InChI is InChI=1S/C21H25NO3/c1-21(2,16-25-15-17-9-5-3-6-10-17)22-20(24)14-13-19(23)18-11-7-4-8-12-18/h3-12H,13-16H2,1-2H3,(H,22,24). The number of hydrogen-bond acceptors (Lipinski definition) is 3. The Balaban J connectivity index is 1.71. The second kappa shape index (κ2) is 9.14. The number of benzene rings is 2. The van der Waals surface area contributed by atoms with Crippen LogP contribution >= 0.6 is 0 Å². The van der Waals surface area contributed by atoms with E-state index in [2.05, 4.69) is 5.32 Å². The number of Topliss-reactive ketones (excluding diaryl/α,β-unsaturated/α-hetero) is 1. The zero-order chi connectivity index (χ0) is 18.1. The number of nitrogens with one attached hydrogen (secondary N) is 1. The zero-order valence-corrected chi connectivity index (χ0v) is 14.8. The Kier molecular flexibility index (Phi) is 6.90. The summed E-state index contributed by atoms with van der Waals surface area (Å²) < 4.78 is 5.70. The molecule has 4 nitrogen and oxygen atoms in total. The van der Waals surface area contributed by atoms with Gasteiger partial charge in [0.2, 0.25) is 5.91 Å². The number of ether oxygens (including phenoxy) is 1. The van der Waals surface area contributed by atoms with Crippen LogP contribution < -0.4 is 5.32 Å². The molecular weight excluding hydrogens is 314 g/mol. The maximum atomic E-state index is 12.1. The van der Waals surface area contributed by atoms with Crippen molar-refractivity contribution in [2.75, 3.05) is 6.61 Å². The summed E-state index contributed by atoms with van der Waals surface area (Å²) >= 11 is 0. The van der Waals surface area contributed by atoms with E-state index < -0.39 is 5.54 Å². The van der Waals surface area contributed by atoms with Crippen molar-refractivity contribution in [1.29, 1.82) is 0 Å². The van der Waals surface area contributed by atoms with Crippen LogP contribution in [0.25, 0.3) is 0 Å². The Labute approximate surface area is 149 Å². The lowest BCUT2D eigenvalue weighted by atomic mass is 10.0. The Hall–Kier alpha value is -2.46. The molecule has 0 fully saturated rings. The molecule has 0 radical (unpaired) electrons. The lowest BCUT2D eigenvalue weighted by molar-refractivity contribution is -0.123. The highest BCUT2D eigenvalue weighted by Crippen LogP contribution is 2.09. The van der Waals surface area contributed by atoms with Gasteiger partial charge in [-0.2, -0.15) is 0 Å². The Morgan fingerprint density at radius 3 is 2.16 bits per heavy atom. The SMILES string of the molecule is CC(C)(COCc1ccccc1)NC(=O)CCC(=O)c1ccccc1. The normalized spacial score (nSPS) is 11.1. The van der Waals surface area contributed by atoms with E-state index in [-0.39, 0.29) is 24.5 Å². The number of ketones is 1. The summed E-state index contributed by atoms with van der Waals surface area (Å²) in [6.45, 7) is 4.73. The van der Waals surface area contributed by atoms with Crippen molar-refractivity contribution in [1.82, 2.24) is 5.32 Å². The predicted molar refractivity (Wildman–Crippen MR) is 98.3 cm³/mol. The van der Waals surface area contributed by atoms with Crippen LogP contribution in [0, 0.1) is 0 Å². The summed E-state index contributed by atoms with van der Waals surface area (Å²) in [7, 11) is 0. The fraction of sp³-hybridized carbons (Fsp3) is 0.333. The molecule has 1 N–H and O–H groups in total. The number of hydrogen-bond donors (Lipinski definition) is 1. The van der Waals surface area contributed by atoms with Crippen LogP contribution in [-0.2, 0) is 16.1 Å². The van der Waals surface area contributed by atoms with Gasteiger partial charge in [-0.25, -0.2) is 0 Å². The summed E-state index contributed by atoms with van der Waals surface area (Å²) in [4.78, 5) is 24.1. The number of carbonyl (C=O) groups excluding carboxylic acids is 2. The molecule has 0 spiro atoms. The quantitative estimate of drug-likeness (QED) is 0.708. The van der Waals surface area contributed by atoms with Crippen LogP contribution in [0.5, 0.6) is 0 Å². The van der Waals surface area contributed by atoms with Crippen molar-refractivity contribution in [3.8, 4) is 0 Å². The minimum Gasteiger partial charge on any atom is -0.374 e. The maximum Gasteiger partial charge on any atom is 0.220 e. The molecule has 1 amide bonds. The van der Waals surface area contributed by atoms with Gasteiger partial charge in [-0.1, -0.05) is 60.7 Å². The van der Waals surface area contributed by atoms with Gasteiger partial charge in [0.25, 0.3) is 0 Å². The van der Waals surface area contributed by atoms with Gasteiger partial charge < -0.3 is 10.1 Å². The molecule has 0 bridgehead atoms. The topological polar surface area (TPSA) is 55.4 Å². The highest BCUT2D eigenvalue weighted by molar-refractivity contribution is 5.97. The summed E-state index contributed by atoms with van der Waals surface area (Å²) in [6.07, 6.45) is 0.382. The van der Waals surface area contributed by atoms with Crippen LogP contribution in [0.4, 0.5) is 0 Å². The third kappa shape index (κ3) is 6.89. The average Bonchev–Trinajstić information content (AvgIpc) is 2.61. The molecule has 0 aliphatic carbocycles. The van der Waals surface area contributed by atoms with E-state index in [9.17, 15) is 9.59 Å². The van der Waals surface area contributed by atoms with E-state index in [0.717, 1.165) is 5.56 Å². The van der Waals surface area contributed by atoms with Crippen LogP contribution in [0.2, 0.25) is 0 Å². The van der Waals surface area contributed by atoms with Gasteiger partial charge in [0, 0.05) is 18.4 Å². The lowest BCUT2D eigenvalue weighted by Gasteiger charge is -2.26. The van der Waals surface area contributed by atoms with Crippen molar-refractivity contribution in [2.45, 2.75) is 38.8 Å². The molecular formula is C21H25NO3. The molecule has 132 valence electrons. The molecule has 0 atom stereocenters. The molecule has 0 saturated carbocycles. The number of rotatable bonds is 9. The zero-order valence-electron chi connectivity index (χ0n) is 14.8. The predicted octanol–water partition coefficient (Wildman–Crippen LogP) is 3.76. The van der Waals surface area contributed by atoms with Gasteiger partial charge in [0.05, 0.1) is 18.8 Å². The number of amides is 1. The van der Waals surface area contributed by atoms with Crippen LogP contribution in [0.3, 0.4) is 0 Å². The van der Waals surface area contributed by atoms with E-state index in [1.54, 1.807) is 12.1 Å². The minimum absolute atomic E-state index is 0.0196. The molecule has 4 heteroatoms. The van der Waals surface area contributed by atoms with E-state index in [4.69, 9.17) is 4.74 Å². The molecule has 25 heavy (non-hydrogen) atoms. The minimum atomic E-state index is -0.484. The van der Waals surface area contributed by atoms with Gasteiger partial charge in [-0.15, -0.1) is 0 Å². The van der Waals surface area contributed by atoms with Gasteiger partial charge in [0.1, 0.15) is 0 Å². The molecule has 0 aromatic heterocycles. The Bertz CT molecular complexity index is 681. The summed E-state index contributed by atoms with van der Waals surface area (Å²) in [5.41, 5.74) is 1.25. The third-order valence-electron chi connectivity index (χ3n) is 3.73. The van der Waals surface area contributed by atoms with Gasteiger partial charge in [-0.3, -0.25) is 9.59 Å². The molecule has 2 aromatic carbocycles. The van der Waals surface area contributed by atoms with Gasteiger partial charge >= 0.3 is 0 Å². The van der Waals surface area contributed by atoms with Crippen molar-refractivity contribution < 1.29 is 14.3 Å². The molecule has 0 saturated heterocycles. The molecule has 0 unspecified atom stereocenters. The van der Waals surface area contributed by atoms with Crippen LogP contribution in [0.1, 0.15) is 42.6 Å². The third-order valence-corrected chi connectivity index (χ3v) is 3.73. The molecule has 0 aliphatic heterocycles. The highest BCUT2D eigenvalue weighted by Gasteiger charge is 2.21. The fourth-order valence-corrected chi connectivity index (χ4v) is 2.47. The second-order valence-corrected chi connectivity index (χ2v) is 6.70. The first-order valence-electron chi connectivity index (χ1n) is 8.47. The monoisotopic (exact) mass is 339 g/mol. The van der Waals surface area contributed by atoms with Gasteiger partial charge in [-0.05, 0) is 19.4 Å². The second-order valence-electron chi connectivity index (χ2n) is 6.70. The van der Waals surface area contributed by atoms with Crippen molar-refractivity contribution in [3.05, 3.63) is 71.8 Å². The first-order chi connectivity index (χ1) is 12.0. The lowest BCUT2D eigenvalue weighted by Crippen LogP contribution is -2.47. The average molecular weight is 339 g/mol. The first-order valence-corrected chi connectivity index (χ1v) is 8.47. The van der Waals surface area contributed by atoms with E-state index in [1.165, 1.54) is 0 Å². The van der Waals surface area contributed by atoms with Crippen LogP contribution in [-0.4, -0.2) is 23.8 Å². The van der Waals surface area contributed by atoms with Crippen molar-refractivity contribution in [3.63, 3.8) is 0 Å². The van der Waals surface area contributed by atoms with E-state index >= 15 is 0 Å². The summed E-state index contributed by atoms with van der Waals surface area (Å²) in [5, 5.41) is 2.93. The van der Waals surface area contributed by atoms with E-state index in [0.29, 0.717) is 18.8 Å². The Morgan fingerprint density at radius 1 is 0.920 bits per heavy atom. The van der Waals surface area contributed by atoms with Crippen molar-refractivity contribution >= 4 is 11.7 Å². The summed E-state index contributed by atoms with van der Waals surface area (Å²) in [6, 6.07) is 18.9. The van der Waals surface area contributed by atoms with Gasteiger partial charge in [0.15, 0.2) is 5.78 Å². The van der Waals surface area contributed by atoms with Crippen LogP contribution in [0.15, 0.2) is 60.7 Å².